The zero-order valence-corrected chi connectivity index (χ0v) is 17.6. The molecule has 2 amide bonds. The first-order valence-electron chi connectivity index (χ1n) is 9.35. The molecule has 0 spiro atoms. The Kier molecular flexibility index (Phi) is 5.40. The summed E-state index contributed by atoms with van der Waals surface area (Å²) in [6.07, 6.45) is 3.93. The largest absolute Gasteiger partial charge is 0.361 e. The molecule has 0 unspecified atom stereocenters. The van der Waals surface area contributed by atoms with Gasteiger partial charge in [0.1, 0.15) is 0 Å². The van der Waals surface area contributed by atoms with E-state index in [1.165, 1.54) is 11.8 Å². The highest BCUT2D eigenvalue weighted by molar-refractivity contribution is 7.98. The van der Waals surface area contributed by atoms with Crippen molar-refractivity contribution in [1.29, 1.82) is 0 Å². The summed E-state index contributed by atoms with van der Waals surface area (Å²) in [5.41, 5.74) is 9.07. The van der Waals surface area contributed by atoms with E-state index in [2.05, 4.69) is 30.9 Å². The van der Waals surface area contributed by atoms with E-state index < -0.39 is 0 Å². The van der Waals surface area contributed by atoms with Crippen LogP contribution in [0.2, 0.25) is 0 Å². The molecule has 0 atom stereocenters. The number of aromatic amines is 1. The normalized spacial score (nSPS) is 11.2. The minimum absolute atomic E-state index is 0.0719. The van der Waals surface area contributed by atoms with Crippen LogP contribution in [0.1, 0.15) is 22.5 Å². The maximum Gasteiger partial charge on any atom is 0.253 e. The topological polar surface area (TPSA) is 117 Å². The number of hydrazine groups is 1. The van der Waals surface area contributed by atoms with Crippen molar-refractivity contribution in [2.75, 3.05) is 6.26 Å². The third kappa shape index (κ3) is 3.86. The van der Waals surface area contributed by atoms with Crippen molar-refractivity contribution in [1.82, 2.24) is 35.4 Å². The van der Waals surface area contributed by atoms with Crippen LogP contribution < -0.4 is 10.9 Å². The van der Waals surface area contributed by atoms with Crippen LogP contribution in [-0.4, -0.2) is 42.6 Å². The Morgan fingerprint density at radius 2 is 1.83 bits per heavy atom. The van der Waals surface area contributed by atoms with Gasteiger partial charge in [0.15, 0.2) is 0 Å². The SMILES string of the molecule is CSc1nc2nc(C)c(CC(=O)NNC(=O)Cc3c[nH]c4ccccc34)c(C)n2n1. The lowest BCUT2D eigenvalue weighted by Gasteiger charge is -2.11. The number of hydrogen-bond donors (Lipinski definition) is 3. The molecule has 3 aromatic heterocycles. The molecule has 0 aliphatic rings. The summed E-state index contributed by atoms with van der Waals surface area (Å²) in [5, 5.41) is 5.99. The summed E-state index contributed by atoms with van der Waals surface area (Å²) >= 11 is 1.43. The summed E-state index contributed by atoms with van der Waals surface area (Å²) in [5.74, 6) is -0.124. The molecule has 3 heterocycles. The number of aryl methyl sites for hydroxylation is 2. The second kappa shape index (κ2) is 8.15. The number of benzene rings is 1. The van der Waals surface area contributed by atoms with Gasteiger partial charge >= 0.3 is 0 Å². The molecule has 0 fully saturated rings. The number of nitrogens with zero attached hydrogens (tertiary/aromatic N) is 4. The van der Waals surface area contributed by atoms with Crippen molar-refractivity contribution in [3.63, 3.8) is 0 Å². The van der Waals surface area contributed by atoms with Gasteiger partial charge in [0.2, 0.25) is 17.0 Å². The number of para-hydroxylation sites is 1. The van der Waals surface area contributed by atoms with E-state index in [4.69, 9.17) is 0 Å². The summed E-state index contributed by atoms with van der Waals surface area (Å²) in [6, 6.07) is 7.76. The predicted molar refractivity (Wildman–Crippen MR) is 114 cm³/mol. The molecule has 10 heteroatoms. The summed E-state index contributed by atoms with van der Waals surface area (Å²) in [6.45, 7) is 3.71. The molecule has 4 rings (SSSR count). The summed E-state index contributed by atoms with van der Waals surface area (Å²) in [7, 11) is 0. The first kappa shape index (κ1) is 19.9. The van der Waals surface area contributed by atoms with Crippen molar-refractivity contribution in [2.24, 2.45) is 0 Å². The number of rotatable bonds is 5. The van der Waals surface area contributed by atoms with E-state index in [0.29, 0.717) is 16.6 Å². The van der Waals surface area contributed by atoms with Gasteiger partial charge in [-0.05, 0) is 31.7 Å². The average molecular weight is 424 g/mol. The van der Waals surface area contributed by atoms with E-state index in [1.54, 1.807) is 10.7 Å². The molecule has 0 saturated carbocycles. The lowest BCUT2D eigenvalue weighted by Crippen LogP contribution is -2.43. The molecular formula is C20H21N7O2S. The molecule has 30 heavy (non-hydrogen) atoms. The quantitative estimate of drug-likeness (QED) is 0.333. The lowest BCUT2D eigenvalue weighted by atomic mass is 10.1. The number of amides is 2. The Labute approximate surface area is 176 Å². The smallest absolute Gasteiger partial charge is 0.253 e. The second-order valence-electron chi connectivity index (χ2n) is 6.88. The molecule has 0 radical (unpaired) electrons. The fourth-order valence-electron chi connectivity index (χ4n) is 3.37. The van der Waals surface area contributed by atoms with Crippen LogP contribution in [0.15, 0.2) is 35.6 Å². The Bertz CT molecular complexity index is 1260. The van der Waals surface area contributed by atoms with Crippen molar-refractivity contribution in [2.45, 2.75) is 31.8 Å². The number of carbonyl (C=O) groups excluding carboxylic acids is 2. The fourth-order valence-corrected chi connectivity index (χ4v) is 3.71. The third-order valence-electron chi connectivity index (χ3n) is 4.92. The highest BCUT2D eigenvalue weighted by atomic mass is 32.2. The van der Waals surface area contributed by atoms with Crippen molar-refractivity contribution in [3.8, 4) is 0 Å². The van der Waals surface area contributed by atoms with Crippen LogP contribution in [0.4, 0.5) is 0 Å². The molecule has 1 aromatic carbocycles. The van der Waals surface area contributed by atoms with Gasteiger partial charge in [-0.1, -0.05) is 30.0 Å². The monoisotopic (exact) mass is 423 g/mol. The first-order valence-corrected chi connectivity index (χ1v) is 10.6. The maximum absolute atomic E-state index is 12.4. The Morgan fingerprint density at radius 1 is 1.10 bits per heavy atom. The molecule has 0 aliphatic heterocycles. The van der Waals surface area contributed by atoms with Crippen LogP contribution in [0.3, 0.4) is 0 Å². The summed E-state index contributed by atoms with van der Waals surface area (Å²) in [4.78, 5) is 36.6. The van der Waals surface area contributed by atoms with Crippen LogP contribution in [-0.2, 0) is 22.4 Å². The van der Waals surface area contributed by atoms with Gasteiger partial charge in [-0.25, -0.2) is 9.50 Å². The third-order valence-corrected chi connectivity index (χ3v) is 5.45. The number of hydrogen-bond acceptors (Lipinski definition) is 6. The first-order chi connectivity index (χ1) is 14.5. The minimum Gasteiger partial charge on any atom is -0.361 e. The van der Waals surface area contributed by atoms with Crippen molar-refractivity contribution < 1.29 is 9.59 Å². The summed E-state index contributed by atoms with van der Waals surface area (Å²) < 4.78 is 1.64. The minimum atomic E-state index is -0.333. The van der Waals surface area contributed by atoms with Gasteiger partial charge < -0.3 is 4.98 Å². The molecule has 0 aliphatic carbocycles. The molecule has 154 valence electrons. The Hall–Kier alpha value is -3.40. The average Bonchev–Trinajstić information content (AvgIpc) is 3.34. The molecule has 0 bridgehead atoms. The lowest BCUT2D eigenvalue weighted by molar-refractivity contribution is -0.128. The number of nitrogens with one attached hydrogen (secondary N) is 3. The van der Waals surface area contributed by atoms with Crippen LogP contribution >= 0.6 is 11.8 Å². The molecular weight excluding hydrogens is 402 g/mol. The zero-order chi connectivity index (χ0) is 21.3. The van der Waals surface area contributed by atoms with Crippen LogP contribution in [0.25, 0.3) is 16.7 Å². The fraction of sp³-hybridized carbons (Fsp3) is 0.250. The van der Waals surface area contributed by atoms with E-state index in [0.717, 1.165) is 27.7 Å². The Balaban J connectivity index is 1.40. The number of H-pyrrole nitrogens is 1. The Morgan fingerprint density at radius 3 is 2.60 bits per heavy atom. The second-order valence-corrected chi connectivity index (χ2v) is 7.65. The van der Waals surface area contributed by atoms with E-state index >= 15 is 0 Å². The van der Waals surface area contributed by atoms with E-state index in [9.17, 15) is 9.59 Å². The van der Waals surface area contributed by atoms with E-state index in [1.807, 2.05) is 44.4 Å². The molecule has 0 saturated heterocycles. The van der Waals surface area contributed by atoms with Gasteiger partial charge in [0.05, 0.1) is 12.8 Å². The zero-order valence-electron chi connectivity index (χ0n) is 16.8. The number of thioether (sulfide) groups is 1. The highest BCUT2D eigenvalue weighted by Gasteiger charge is 2.16. The van der Waals surface area contributed by atoms with Crippen LogP contribution in [0.5, 0.6) is 0 Å². The van der Waals surface area contributed by atoms with Gasteiger partial charge in [0, 0.05) is 34.1 Å². The van der Waals surface area contributed by atoms with Gasteiger partial charge in [0.25, 0.3) is 5.78 Å². The van der Waals surface area contributed by atoms with E-state index in [-0.39, 0.29) is 24.7 Å². The van der Waals surface area contributed by atoms with Gasteiger partial charge in [-0.2, -0.15) is 4.98 Å². The molecule has 4 aromatic rings. The standard InChI is InChI=1S/C20H21N7O2S/c1-11-15(12(2)27-19(22-11)23-20(26-27)30-3)9-18(29)25-24-17(28)8-13-10-21-16-7-5-4-6-14(13)16/h4-7,10,21H,8-9H2,1-3H3,(H,24,28)(H,25,29). The number of aromatic nitrogens is 5. The van der Waals surface area contributed by atoms with Gasteiger partial charge in [-0.15, -0.1) is 5.10 Å². The highest BCUT2D eigenvalue weighted by Crippen LogP contribution is 2.18. The van der Waals surface area contributed by atoms with Crippen LogP contribution in [0, 0.1) is 13.8 Å². The number of carbonyl (C=O) groups is 2. The van der Waals surface area contributed by atoms with Crippen molar-refractivity contribution in [3.05, 3.63) is 53.0 Å². The van der Waals surface area contributed by atoms with Gasteiger partial charge in [-0.3, -0.25) is 20.4 Å². The number of fused-ring (bicyclic) bond motifs is 2. The van der Waals surface area contributed by atoms with Crippen molar-refractivity contribution >= 4 is 40.3 Å². The molecule has 9 nitrogen and oxygen atoms in total. The maximum atomic E-state index is 12.4. The molecule has 3 N–H and O–H groups in total. The predicted octanol–water partition coefficient (Wildman–Crippen LogP) is 1.88.